The van der Waals surface area contributed by atoms with Crippen molar-refractivity contribution in [3.05, 3.63) is 59.3 Å². The number of H-pyrrole nitrogens is 1. The van der Waals surface area contributed by atoms with E-state index in [0.29, 0.717) is 25.4 Å². The van der Waals surface area contributed by atoms with E-state index in [-0.39, 0.29) is 5.91 Å². The molecule has 140 valence electrons. The van der Waals surface area contributed by atoms with E-state index in [1.807, 2.05) is 17.2 Å². The zero-order valence-corrected chi connectivity index (χ0v) is 16.0. The van der Waals surface area contributed by atoms with Crippen molar-refractivity contribution in [2.75, 3.05) is 0 Å². The highest BCUT2D eigenvalue weighted by Crippen LogP contribution is 2.23. The SMILES string of the molecule is CC(C)Cc1ncc2c(n1)CN(C(=O)CCCc1c[nH]c3ccccc13)C2. The number of carbonyl (C=O) groups is 1. The third-order valence-corrected chi connectivity index (χ3v) is 5.16. The van der Waals surface area contributed by atoms with Crippen molar-refractivity contribution in [3.63, 3.8) is 0 Å². The van der Waals surface area contributed by atoms with E-state index >= 15 is 0 Å². The van der Waals surface area contributed by atoms with Crippen molar-refractivity contribution >= 4 is 16.8 Å². The minimum Gasteiger partial charge on any atom is -0.361 e. The number of carbonyl (C=O) groups excluding carboxylic acids is 1. The van der Waals surface area contributed by atoms with Crippen LogP contribution < -0.4 is 0 Å². The molecular weight excluding hydrogens is 336 g/mol. The van der Waals surface area contributed by atoms with Gasteiger partial charge in [-0.05, 0) is 30.4 Å². The highest BCUT2D eigenvalue weighted by atomic mass is 16.2. The summed E-state index contributed by atoms with van der Waals surface area (Å²) in [5.74, 6) is 1.63. The lowest BCUT2D eigenvalue weighted by Gasteiger charge is -2.14. The summed E-state index contributed by atoms with van der Waals surface area (Å²) in [6.07, 6.45) is 7.18. The Morgan fingerprint density at radius 3 is 2.96 bits per heavy atom. The molecule has 5 nitrogen and oxygen atoms in total. The fourth-order valence-electron chi connectivity index (χ4n) is 3.76. The number of amides is 1. The maximum atomic E-state index is 12.6. The fraction of sp³-hybridized carbons (Fsp3) is 0.409. The lowest BCUT2D eigenvalue weighted by Crippen LogP contribution is -2.25. The van der Waals surface area contributed by atoms with E-state index in [1.165, 1.54) is 10.9 Å². The van der Waals surface area contributed by atoms with Gasteiger partial charge >= 0.3 is 0 Å². The standard InChI is InChI=1S/C22H26N4O/c1-15(2)10-21-24-12-17-13-26(14-20(17)25-21)22(27)9-5-6-16-11-23-19-8-4-3-7-18(16)19/h3-4,7-8,11-12,15,23H,5-6,9-10,13-14H2,1-2H3. The van der Waals surface area contributed by atoms with Crippen molar-refractivity contribution in [2.24, 2.45) is 5.92 Å². The van der Waals surface area contributed by atoms with Gasteiger partial charge in [-0.1, -0.05) is 32.0 Å². The zero-order valence-electron chi connectivity index (χ0n) is 16.0. The quantitative estimate of drug-likeness (QED) is 0.720. The summed E-state index contributed by atoms with van der Waals surface area (Å²) < 4.78 is 0. The van der Waals surface area contributed by atoms with Gasteiger partial charge in [-0.2, -0.15) is 0 Å². The number of hydrogen-bond donors (Lipinski definition) is 1. The summed E-state index contributed by atoms with van der Waals surface area (Å²) >= 11 is 0. The van der Waals surface area contributed by atoms with Crippen molar-refractivity contribution in [2.45, 2.75) is 52.6 Å². The molecule has 0 spiro atoms. The van der Waals surface area contributed by atoms with Crippen molar-refractivity contribution in [1.82, 2.24) is 19.9 Å². The van der Waals surface area contributed by atoms with Gasteiger partial charge in [0.1, 0.15) is 5.82 Å². The number of fused-ring (bicyclic) bond motifs is 2. The Labute approximate surface area is 159 Å². The number of benzene rings is 1. The van der Waals surface area contributed by atoms with Crippen LogP contribution in [0.15, 0.2) is 36.7 Å². The zero-order chi connectivity index (χ0) is 18.8. The van der Waals surface area contributed by atoms with Gasteiger partial charge in [0.2, 0.25) is 5.91 Å². The molecule has 0 unspecified atom stereocenters. The Morgan fingerprint density at radius 2 is 2.11 bits per heavy atom. The van der Waals surface area contributed by atoms with Gasteiger partial charge in [-0.15, -0.1) is 0 Å². The molecule has 0 aliphatic carbocycles. The Morgan fingerprint density at radius 1 is 1.26 bits per heavy atom. The number of aromatic amines is 1. The van der Waals surface area contributed by atoms with Gasteiger partial charge in [0.05, 0.1) is 12.2 Å². The van der Waals surface area contributed by atoms with Crippen LogP contribution in [0.3, 0.4) is 0 Å². The molecule has 0 bridgehead atoms. The van der Waals surface area contributed by atoms with E-state index in [2.05, 4.69) is 53.2 Å². The number of nitrogens with one attached hydrogen (secondary N) is 1. The first-order chi connectivity index (χ1) is 13.1. The first-order valence-electron chi connectivity index (χ1n) is 9.76. The van der Waals surface area contributed by atoms with Gasteiger partial charge in [0.25, 0.3) is 0 Å². The maximum absolute atomic E-state index is 12.6. The van der Waals surface area contributed by atoms with Crippen molar-refractivity contribution in [1.29, 1.82) is 0 Å². The van der Waals surface area contributed by atoms with Crippen LogP contribution in [0.1, 0.15) is 49.3 Å². The smallest absolute Gasteiger partial charge is 0.223 e. The normalized spacial score (nSPS) is 13.5. The molecule has 1 amide bonds. The lowest BCUT2D eigenvalue weighted by molar-refractivity contribution is -0.131. The van der Waals surface area contributed by atoms with Gasteiger partial charge in [-0.25, -0.2) is 9.97 Å². The number of nitrogens with zero attached hydrogens (tertiary/aromatic N) is 3. The summed E-state index contributed by atoms with van der Waals surface area (Å²) in [4.78, 5) is 27.0. The molecule has 4 rings (SSSR count). The Hall–Kier alpha value is -2.69. The first kappa shape index (κ1) is 17.7. The molecule has 0 atom stereocenters. The summed E-state index contributed by atoms with van der Waals surface area (Å²) in [5.41, 5.74) is 4.55. The highest BCUT2D eigenvalue weighted by molar-refractivity contribution is 5.83. The number of aromatic nitrogens is 3. The summed E-state index contributed by atoms with van der Waals surface area (Å²) in [6.45, 7) is 5.60. The second-order valence-corrected chi connectivity index (χ2v) is 7.82. The molecule has 1 aliphatic rings. The largest absolute Gasteiger partial charge is 0.361 e. The highest BCUT2D eigenvalue weighted by Gasteiger charge is 2.25. The summed E-state index contributed by atoms with van der Waals surface area (Å²) in [6, 6.07) is 8.31. The molecule has 27 heavy (non-hydrogen) atoms. The predicted octanol–water partition coefficient (Wildman–Crippen LogP) is 4.02. The lowest BCUT2D eigenvalue weighted by atomic mass is 10.1. The molecule has 5 heteroatoms. The van der Waals surface area contributed by atoms with E-state index in [0.717, 1.165) is 41.9 Å². The van der Waals surface area contributed by atoms with Crippen molar-refractivity contribution in [3.8, 4) is 0 Å². The fourth-order valence-corrected chi connectivity index (χ4v) is 3.76. The number of rotatable bonds is 6. The van der Waals surface area contributed by atoms with E-state index in [1.54, 1.807) is 0 Å². The average Bonchev–Trinajstić information content (AvgIpc) is 3.25. The molecule has 3 aromatic rings. The third kappa shape index (κ3) is 3.87. The second kappa shape index (κ2) is 7.51. The van der Waals surface area contributed by atoms with Crippen LogP contribution in [-0.4, -0.2) is 25.8 Å². The minimum atomic E-state index is 0.207. The minimum absolute atomic E-state index is 0.207. The Bertz CT molecular complexity index is 960. The van der Waals surface area contributed by atoms with Crippen LogP contribution in [0.5, 0.6) is 0 Å². The first-order valence-corrected chi connectivity index (χ1v) is 9.76. The van der Waals surface area contributed by atoms with Gasteiger partial charge in [0.15, 0.2) is 0 Å². The third-order valence-electron chi connectivity index (χ3n) is 5.16. The molecule has 3 heterocycles. The molecule has 0 fully saturated rings. The second-order valence-electron chi connectivity index (χ2n) is 7.82. The van der Waals surface area contributed by atoms with Crippen molar-refractivity contribution < 1.29 is 4.79 Å². The molecule has 1 N–H and O–H groups in total. The Kier molecular flexibility index (Phi) is 4.92. The topological polar surface area (TPSA) is 61.9 Å². The van der Waals surface area contributed by atoms with Gasteiger partial charge in [0, 0.05) is 48.2 Å². The van der Waals surface area contributed by atoms with E-state index in [4.69, 9.17) is 0 Å². The van der Waals surface area contributed by atoms with Crippen LogP contribution in [0.2, 0.25) is 0 Å². The Balaban J connectivity index is 1.32. The van der Waals surface area contributed by atoms with Crippen LogP contribution in [0, 0.1) is 5.92 Å². The summed E-state index contributed by atoms with van der Waals surface area (Å²) in [7, 11) is 0. The predicted molar refractivity (Wildman–Crippen MR) is 106 cm³/mol. The average molecular weight is 362 g/mol. The van der Waals surface area contributed by atoms with Crippen LogP contribution in [0.4, 0.5) is 0 Å². The van der Waals surface area contributed by atoms with Crippen LogP contribution >= 0.6 is 0 Å². The molecule has 0 saturated carbocycles. The van der Waals surface area contributed by atoms with Gasteiger partial charge < -0.3 is 9.88 Å². The van der Waals surface area contributed by atoms with Crippen LogP contribution in [0.25, 0.3) is 10.9 Å². The molecule has 0 radical (unpaired) electrons. The molecule has 1 aromatic carbocycles. The summed E-state index contributed by atoms with van der Waals surface area (Å²) in [5, 5.41) is 1.26. The maximum Gasteiger partial charge on any atom is 0.223 e. The van der Waals surface area contributed by atoms with Gasteiger partial charge in [-0.3, -0.25) is 4.79 Å². The van der Waals surface area contributed by atoms with Crippen LogP contribution in [-0.2, 0) is 30.7 Å². The number of para-hydroxylation sites is 1. The number of hydrogen-bond acceptors (Lipinski definition) is 3. The van der Waals surface area contributed by atoms with E-state index < -0.39 is 0 Å². The molecule has 0 saturated heterocycles. The molecule has 2 aromatic heterocycles. The monoisotopic (exact) mass is 362 g/mol. The van der Waals surface area contributed by atoms with E-state index in [9.17, 15) is 4.79 Å². The molecular formula is C22H26N4O. The number of aryl methyl sites for hydroxylation is 1. The molecule has 1 aliphatic heterocycles.